The van der Waals surface area contributed by atoms with Gasteiger partial charge in [-0.1, -0.05) is 60.7 Å². The molecule has 0 aromatic heterocycles. The predicted octanol–water partition coefficient (Wildman–Crippen LogP) is 0.889. The van der Waals surface area contributed by atoms with Crippen LogP contribution in [-0.2, 0) is 20.8 Å². The summed E-state index contributed by atoms with van der Waals surface area (Å²) in [6.07, 6.45) is 1.46. The van der Waals surface area contributed by atoms with Crippen LogP contribution in [0.1, 0.15) is 46.8 Å². The average Bonchev–Trinajstić information content (AvgIpc) is 2.99. The number of guanidine groups is 1. The standard InChI is InChI=1S/C31H38N8O4/c32-17-8-7-16-24(29(42)39-26(27(33)40)21-11-3-1-4-12-21)37-30(43)25(38-28(41)22-13-5-2-6-14-22)19-20-10-9-15-23(18-20)36-31(34)35/h1-6,9-15,18,24-26H,7-8,16-17,19,32H2,(H2,33,40)(H,37,43)(H,38,41)(H,39,42)(H4,34,35,36)/t24-,25-,26-/m0/s1. The predicted molar refractivity (Wildman–Crippen MR) is 165 cm³/mol. The Morgan fingerprint density at radius 3 is 2.00 bits per heavy atom. The lowest BCUT2D eigenvalue weighted by atomic mass is 10.0. The SMILES string of the molecule is NCCCC[C@H](NC(=O)[C@H](Cc1cccc(N=C(N)N)c1)NC(=O)c1ccccc1)C(=O)N[C@H](C(N)=O)c1ccccc1. The third-order valence-corrected chi connectivity index (χ3v) is 6.55. The molecule has 3 aromatic rings. The van der Waals surface area contributed by atoms with Crippen molar-refractivity contribution in [2.75, 3.05) is 6.54 Å². The Hall–Kier alpha value is -5.23. The van der Waals surface area contributed by atoms with Crippen molar-refractivity contribution in [3.8, 4) is 0 Å². The molecule has 3 atom stereocenters. The molecule has 0 spiro atoms. The topological polar surface area (TPSA) is 221 Å². The third-order valence-electron chi connectivity index (χ3n) is 6.55. The number of amides is 4. The highest BCUT2D eigenvalue weighted by Crippen LogP contribution is 2.17. The highest BCUT2D eigenvalue weighted by Gasteiger charge is 2.30. The highest BCUT2D eigenvalue weighted by molar-refractivity contribution is 5.99. The van der Waals surface area contributed by atoms with Crippen LogP contribution < -0.4 is 38.9 Å². The first-order chi connectivity index (χ1) is 20.7. The smallest absolute Gasteiger partial charge is 0.251 e. The van der Waals surface area contributed by atoms with E-state index in [1.807, 2.05) is 0 Å². The Bertz CT molecular complexity index is 1410. The average molecular weight is 587 g/mol. The van der Waals surface area contributed by atoms with E-state index in [4.69, 9.17) is 22.9 Å². The van der Waals surface area contributed by atoms with Crippen molar-refractivity contribution in [1.82, 2.24) is 16.0 Å². The molecule has 3 aromatic carbocycles. The van der Waals surface area contributed by atoms with E-state index in [9.17, 15) is 19.2 Å². The Kier molecular flexibility index (Phi) is 12.2. The van der Waals surface area contributed by atoms with Gasteiger partial charge in [0.15, 0.2) is 5.96 Å². The quantitative estimate of drug-likeness (QED) is 0.0773. The Labute approximate surface area is 250 Å². The zero-order valence-electron chi connectivity index (χ0n) is 23.7. The molecule has 0 aliphatic rings. The number of benzene rings is 3. The van der Waals surface area contributed by atoms with Gasteiger partial charge in [0.25, 0.3) is 5.91 Å². The lowest BCUT2D eigenvalue weighted by Gasteiger charge is -2.25. The van der Waals surface area contributed by atoms with Crippen molar-refractivity contribution < 1.29 is 19.2 Å². The van der Waals surface area contributed by atoms with Gasteiger partial charge in [0.1, 0.15) is 18.1 Å². The van der Waals surface area contributed by atoms with Crippen molar-refractivity contribution in [2.24, 2.45) is 27.9 Å². The second-order valence-corrected chi connectivity index (χ2v) is 9.90. The number of unbranched alkanes of at least 4 members (excludes halogenated alkanes) is 1. The fourth-order valence-electron chi connectivity index (χ4n) is 4.42. The number of aliphatic imine (C=N–C) groups is 1. The summed E-state index contributed by atoms with van der Waals surface area (Å²) in [7, 11) is 0. The van der Waals surface area contributed by atoms with Crippen LogP contribution >= 0.6 is 0 Å². The summed E-state index contributed by atoms with van der Waals surface area (Å²) in [5, 5.41) is 8.21. The van der Waals surface area contributed by atoms with E-state index in [0.29, 0.717) is 41.8 Å². The van der Waals surface area contributed by atoms with Crippen LogP contribution in [-0.4, -0.2) is 48.2 Å². The maximum absolute atomic E-state index is 13.7. The summed E-state index contributed by atoms with van der Waals surface area (Å²) in [5.41, 5.74) is 24.3. The number of rotatable bonds is 15. The van der Waals surface area contributed by atoms with Gasteiger partial charge in [-0.05, 0) is 61.2 Å². The van der Waals surface area contributed by atoms with E-state index < -0.39 is 41.8 Å². The zero-order valence-corrected chi connectivity index (χ0v) is 23.7. The van der Waals surface area contributed by atoms with E-state index in [1.54, 1.807) is 84.9 Å². The van der Waals surface area contributed by atoms with Gasteiger partial charge < -0.3 is 38.9 Å². The minimum atomic E-state index is -1.10. The minimum Gasteiger partial charge on any atom is -0.370 e. The van der Waals surface area contributed by atoms with Crippen LogP contribution in [0.2, 0.25) is 0 Å². The number of nitrogens with zero attached hydrogens (tertiary/aromatic N) is 1. The number of carbonyl (C=O) groups excluding carboxylic acids is 4. The number of hydrogen-bond donors (Lipinski definition) is 7. The third kappa shape index (κ3) is 10.3. The van der Waals surface area contributed by atoms with Crippen molar-refractivity contribution in [2.45, 2.75) is 43.8 Å². The molecular formula is C31H38N8O4. The summed E-state index contributed by atoms with van der Waals surface area (Å²) in [4.78, 5) is 56.5. The fourth-order valence-corrected chi connectivity index (χ4v) is 4.42. The Morgan fingerprint density at radius 1 is 0.721 bits per heavy atom. The van der Waals surface area contributed by atoms with Crippen LogP contribution in [0.5, 0.6) is 0 Å². The summed E-state index contributed by atoms with van der Waals surface area (Å²) in [5.74, 6) is -2.54. The second-order valence-electron chi connectivity index (χ2n) is 9.90. The zero-order chi connectivity index (χ0) is 31.2. The molecule has 0 radical (unpaired) electrons. The minimum absolute atomic E-state index is 0.0727. The number of carbonyl (C=O) groups is 4. The molecule has 12 heteroatoms. The van der Waals surface area contributed by atoms with Gasteiger partial charge in [-0.25, -0.2) is 4.99 Å². The van der Waals surface area contributed by atoms with Crippen LogP contribution in [0.4, 0.5) is 5.69 Å². The molecule has 226 valence electrons. The molecule has 0 aliphatic carbocycles. The van der Waals surface area contributed by atoms with Crippen LogP contribution in [0.15, 0.2) is 89.9 Å². The van der Waals surface area contributed by atoms with Crippen molar-refractivity contribution in [3.63, 3.8) is 0 Å². The molecule has 0 fully saturated rings. The second kappa shape index (κ2) is 16.3. The van der Waals surface area contributed by atoms with Gasteiger partial charge in [0, 0.05) is 12.0 Å². The lowest BCUT2D eigenvalue weighted by molar-refractivity contribution is -0.132. The molecule has 43 heavy (non-hydrogen) atoms. The molecule has 4 amide bonds. The van der Waals surface area contributed by atoms with Crippen molar-refractivity contribution in [1.29, 1.82) is 0 Å². The highest BCUT2D eigenvalue weighted by atomic mass is 16.2. The maximum atomic E-state index is 13.7. The first-order valence-electron chi connectivity index (χ1n) is 13.9. The normalized spacial score (nSPS) is 12.7. The van der Waals surface area contributed by atoms with Crippen LogP contribution in [0.3, 0.4) is 0 Å². The first-order valence-corrected chi connectivity index (χ1v) is 13.9. The maximum Gasteiger partial charge on any atom is 0.251 e. The lowest BCUT2D eigenvalue weighted by Crippen LogP contribution is -2.55. The van der Waals surface area contributed by atoms with E-state index >= 15 is 0 Å². The summed E-state index contributed by atoms with van der Waals surface area (Å²) in [6, 6.07) is 20.7. The van der Waals surface area contributed by atoms with E-state index in [1.165, 1.54) is 0 Å². The van der Waals surface area contributed by atoms with Gasteiger partial charge in [-0.2, -0.15) is 0 Å². The van der Waals surface area contributed by atoms with Gasteiger partial charge >= 0.3 is 0 Å². The Morgan fingerprint density at radius 2 is 1.37 bits per heavy atom. The number of nitrogens with two attached hydrogens (primary N) is 4. The first kappa shape index (κ1) is 32.3. The Balaban J connectivity index is 1.86. The monoisotopic (exact) mass is 586 g/mol. The molecular weight excluding hydrogens is 548 g/mol. The molecule has 3 rings (SSSR count). The van der Waals surface area contributed by atoms with Crippen LogP contribution in [0.25, 0.3) is 0 Å². The molecule has 12 nitrogen and oxygen atoms in total. The molecule has 0 unspecified atom stereocenters. The number of primary amides is 1. The van der Waals surface area contributed by atoms with E-state index in [0.717, 1.165) is 0 Å². The van der Waals surface area contributed by atoms with Gasteiger partial charge in [-0.15, -0.1) is 0 Å². The van der Waals surface area contributed by atoms with Crippen molar-refractivity contribution in [3.05, 3.63) is 102 Å². The van der Waals surface area contributed by atoms with Gasteiger partial charge in [-0.3, -0.25) is 19.2 Å². The summed E-state index contributed by atoms with van der Waals surface area (Å²) in [6.45, 7) is 0.401. The van der Waals surface area contributed by atoms with E-state index in [-0.39, 0.29) is 18.8 Å². The molecule has 0 heterocycles. The molecule has 0 saturated carbocycles. The fraction of sp³-hybridized carbons (Fsp3) is 0.258. The summed E-state index contributed by atoms with van der Waals surface area (Å²) >= 11 is 0. The van der Waals surface area contributed by atoms with E-state index in [2.05, 4.69) is 20.9 Å². The molecule has 0 bridgehead atoms. The summed E-state index contributed by atoms with van der Waals surface area (Å²) < 4.78 is 0. The molecule has 11 N–H and O–H groups in total. The number of nitrogens with one attached hydrogen (secondary N) is 3. The van der Waals surface area contributed by atoms with Gasteiger partial charge in [0.2, 0.25) is 17.7 Å². The number of hydrogen-bond acceptors (Lipinski definition) is 6. The van der Waals surface area contributed by atoms with Gasteiger partial charge in [0.05, 0.1) is 5.69 Å². The molecule has 0 aliphatic heterocycles. The van der Waals surface area contributed by atoms with Crippen LogP contribution in [0, 0.1) is 0 Å². The largest absolute Gasteiger partial charge is 0.370 e. The molecule has 0 saturated heterocycles. The van der Waals surface area contributed by atoms with Crippen molar-refractivity contribution >= 4 is 35.3 Å².